The first kappa shape index (κ1) is 14.4. The van der Waals surface area contributed by atoms with Crippen LogP contribution in [0.3, 0.4) is 0 Å². The van der Waals surface area contributed by atoms with Crippen molar-refractivity contribution in [2.45, 2.75) is 6.61 Å². The van der Waals surface area contributed by atoms with Crippen molar-refractivity contribution < 1.29 is 13.9 Å². The van der Waals surface area contributed by atoms with Crippen molar-refractivity contribution in [3.8, 4) is 10.6 Å². The molecule has 110 valence electrons. The Hall–Kier alpha value is -2.53. The quantitative estimate of drug-likeness (QED) is 0.674. The molecule has 0 unspecified atom stereocenters. The van der Waals surface area contributed by atoms with Crippen LogP contribution in [0.15, 0.2) is 60.0 Å². The summed E-state index contributed by atoms with van der Waals surface area (Å²) in [4.78, 5) is 16.2. The highest BCUT2D eigenvalue weighted by molar-refractivity contribution is 7.13. The summed E-state index contributed by atoms with van der Waals surface area (Å²) in [5, 5.41) is 2.39. The summed E-state index contributed by atoms with van der Waals surface area (Å²) >= 11 is 1.37. The Morgan fingerprint density at radius 1 is 1.09 bits per heavy atom. The van der Waals surface area contributed by atoms with Crippen LogP contribution in [0.25, 0.3) is 10.6 Å². The lowest BCUT2D eigenvalue weighted by atomic mass is 10.2. The van der Waals surface area contributed by atoms with Crippen molar-refractivity contribution in [3.05, 3.63) is 77.1 Å². The van der Waals surface area contributed by atoms with Crippen molar-refractivity contribution in [1.29, 1.82) is 0 Å². The molecule has 3 rings (SSSR count). The number of thiazole rings is 1. The Morgan fingerprint density at radius 2 is 1.82 bits per heavy atom. The smallest absolute Gasteiger partial charge is 0.358 e. The number of esters is 1. The number of rotatable bonds is 4. The van der Waals surface area contributed by atoms with Gasteiger partial charge in [0.05, 0.1) is 0 Å². The number of aromatic nitrogens is 1. The van der Waals surface area contributed by atoms with Gasteiger partial charge in [0.1, 0.15) is 17.4 Å². The van der Waals surface area contributed by atoms with Gasteiger partial charge in [0, 0.05) is 16.5 Å². The summed E-state index contributed by atoms with van der Waals surface area (Å²) in [6, 6.07) is 15.8. The maximum atomic E-state index is 13.5. The molecule has 0 spiro atoms. The van der Waals surface area contributed by atoms with E-state index >= 15 is 0 Å². The van der Waals surface area contributed by atoms with E-state index in [1.165, 1.54) is 17.4 Å². The molecule has 3 nitrogen and oxygen atoms in total. The number of nitrogens with zero attached hydrogens (tertiary/aromatic N) is 1. The molecule has 0 fully saturated rings. The molecule has 0 saturated heterocycles. The van der Waals surface area contributed by atoms with E-state index in [9.17, 15) is 9.18 Å². The number of benzene rings is 2. The van der Waals surface area contributed by atoms with E-state index in [1.54, 1.807) is 23.6 Å². The lowest BCUT2D eigenvalue weighted by molar-refractivity contribution is 0.0463. The third kappa shape index (κ3) is 3.20. The summed E-state index contributed by atoms with van der Waals surface area (Å²) in [6.45, 7) is -0.107. The second-order valence-electron chi connectivity index (χ2n) is 4.57. The van der Waals surface area contributed by atoms with Crippen LogP contribution in [0.2, 0.25) is 0 Å². The van der Waals surface area contributed by atoms with E-state index in [0.717, 1.165) is 10.6 Å². The SMILES string of the molecule is O=C(OCc1ccccc1F)c1csc(-c2ccccc2)n1. The van der Waals surface area contributed by atoms with Crippen LogP contribution in [0, 0.1) is 5.82 Å². The van der Waals surface area contributed by atoms with Crippen molar-refractivity contribution in [3.63, 3.8) is 0 Å². The molecule has 0 bridgehead atoms. The molecule has 0 atom stereocenters. The molecular formula is C17H12FNO2S. The number of ether oxygens (including phenoxy) is 1. The molecular weight excluding hydrogens is 301 g/mol. The first-order valence-corrected chi connectivity index (χ1v) is 7.53. The molecule has 3 aromatic rings. The molecule has 0 saturated carbocycles. The van der Waals surface area contributed by atoms with Gasteiger partial charge in [-0.1, -0.05) is 48.5 Å². The van der Waals surface area contributed by atoms with Crippen LogP contribution >= 0.6 is 11.3 Å². The Bertz CT molecular complexity index is 786. The zero-order chi connectivity index (χ0) is 15.4. The van der Waals surface area contributed by atoms with Gasteiger partial charge in [-0.2, -0.15) is 0 Å². The number of halogens is 1. The predicted octanol–water partition coefficient (Wildman–Crippen LogP) is 4.31. The maximum absolute atomic E-state index is 13.5. The van der Waals surface area contributed by atoms with Gasteiger partial charge in [-0.3, -0.25) is 0 Å². The zero-order valence-electron chi connectivity index (χ0n) is 11.5. The average Bonchev–Trinajstić information content (AvgIpc) is 3.05. The lowest BCUT2D eigenvalue weighted by Gasteiger charge is -2.04. The Morgan fingerprint density at radius 3 is 2.59 bits per heavy atom. The second-order valence-corrected chi connectivity index (χ2v) is 5.43. The molecule has 1 heterocycles. The zero-order valence-corrected chi connectivity index (χ0v) is 12.3. The molecule has 2 aromatic carbocycles. The first-order chi connectivity index (χ1) is 10.7. The number of hydrogen-bond donors (Lipinski definition) is 0. The minimum Gasteiger partial charge on any atom is -0.456 e. The van der Waals surface area contributed by atoms with Crippen LogP contribution in [0.5, 0.6) is 0 Å². The predicted molar refractivity (Wildman–Crippen MR) is 83.1 cm³/mol. The monoisotopic (exact) mass is 313 g/mol. The summed E-state index contributed by atoms with van der Waals surface area (Å²) in [6.07, 6.45) is 0. The third-order valence-electron chi connectivity index (χ3n) is 3.05. The van der Waals surface area contributed by atoms with E-state index in [2.05, 4.69) is 4.98 Å². The number of carbonyl (C=O) groups excluding carboxylic acids is 1. The van der Waals surface area contributed by atoms with Gasteiger partial charge in [0.15, 0.2) is 5.69 Å². The van der Waals surface area contributed by atoms with Crippen molar-refractivity contribution in [2.24, 2.45) is 0 Å². The normalized spacial score (nSPS) is 10.4. The fourth-order valence-electron chi connectivity index (χ4n) is 1.91. The summed E-state index contributed by atoms with van der Waals surface area (Å²) in [5.74, 6) is -0.944. The van der Waals surface area contributed by atoms with Gasteiger partial charge in [-0.05, 0) is 6.07 Å². The van der Waals surface area contributed by atoms with Crippen LogP contribution < -0.4 is 0 Å². The summed E-state index contributed by atoms with van der Waals surface area (Å²) in [7, 11) is 0. The van der Waals surface area contributed by atoms with Crippen LogP contribution in [-0.4, -0.2) is 11.0 Å². The average molecular weight is 313 g/mol. The number of hydrogen-bond acceptors (Lipinski definition) is 4. The Labute approximate surface area is 131 Å². The van der Waals surface area contributed by atoms with Crippen LogP contribution in [-0.2, 0) is 11.3 Å². The highest BCUT2D eigenvalue weighted by Crippen LogP contribution is 2.23. The minimum absolute atomic E-state index is 0.107. The third-order valence-corrected chi connectivity index (χ3v) is 3.94. The number of carbonyl (C=O) groups is 1. The van der Waals surface area contributed by atoms with Crippen molar-refractivity contribution >= 4 is 17.3 Å². The molecule has 0 N–H and O–H groups in total. The van der Waals surface area contributed by atoms with Crippen molar-refractivity contribution in [1.82, 2.24) is 4.98 Å². The molecule has 5 heteroatoms. The van der Waals surface area contributed by atoms with Crippen LogP contribution in [0.4, 0.5) is 4.39 Å². The molecule has 0 aliphatic rings. The summed E-state index contributed by atoms with van der Waals surface area (Å²) in [5.41, 5.74) is 1.52. The van der Waals surface area contributed by atoms with Gasteiger partial charge in [-0.15, -0.1) is 11.3 Å². The largest absolute Gasteiger partial charge is 0.456 e. The summed E-state index contributed by atoms with van der Waals surface area (Å²) < 4.78 is 18.6. The Kier molecular flexibility index (Phi) is 4.25. The molecule has 0 amide bonds. The molecule has 1 aromatic heterocycles. The van der Waals surface area contributed by atoms with Crippen molar-refractivity contribution in [2.75, 3.05) is 0 Å². The highest BCUT2D eigenvalue weighted by Gasteiger charge is 2.14. The van der Waals surface area contributed by atoms with E-state index < -0.39 is 11.8 Å². The molecule has 0 radical (unpaired) electrons. The van der Waals surface area contributed by atoms with Gasteiger partial charge in [-0.25, -0.2) is 14.2 Å². The van der Waals surface area contributed by atoms with E-state index in [1.807, 2.05) is 30.3 Å². The van der Waals surface area contributed by atoms with Gasteiger partial charge in [0.2, 0.25) is 0 Å². The fraction of sp³-hybridized carbons (Fsp3) is 0.0588. The first-order valence-electron chi connectivity index (χ1n) is 6.65. The molecule has 22 heavy (non-hydrogen) atoms. The van der Waals surface area contributed by atoms with E-state index in [0.29, 0.717) is 5.56 Å². The van der Waals surface area contributed by atoms with E-state index in [-0.39, 0.29) is 12.3 Å². The highest BCUT2D eigenvalue weighted by atomic mass is 32.1. The fourth-order valence-corrected chi connectivity index (χ4v) is 2.71. The minimum atomic E-state index is -0.554. The van der Waals surface area contributed by atoms with Gasteiger partial charge >= 0.3 is 5.97 Å². The topological polar surface area (TPSA) is 39.2 Å². The maximum Gasteiger partial charge on any atom is 0.358 e. The second kappa shape index (κ2) is 6.49. The molecule has 0 aliphatic carbocycles. The van der Waals surface area contributed by atoms with Gasteiger partial charge < -0.3 is 4.74 Å². The van der Waals surface area contributed by atoms with Gasteiger partial charge in [0.25, 0.3) is 0 Å². The molecule has 0 aliphatic heterocycles. The van der Waals surface area contributed by atoms with Crippen LogP contribution in [0.1, 0.15) is 16.1 Å². The Balaban J connectivity index is 1.69. The lowest BCUT2D eigenvalue weighted by Crippen LogP contribution is -2.06. The van der Waals surface area contributed by atoms with E-state index in [4.69, 9.17) is 4.74 Å². The standard InChI is InChI=1S/C17H12FNO2S/c18-14-9-5-4-8-13(14)10-21-17(20)15-11-22-16(19-15)12-6-2-1-3-7-12/h1-9,11H,10H2.